The lowest BCUT2D eigenvalue weighted by Crippen LogP contribution is -2.04. The highest BCUT2D eigenvalue weighted by Gasteiger charge is 2.10. The molecule has 0 fully saturated rings. The quantitative estimate of drug-likeness (QED) is 0.744. The molecule has 0 aliphatic rings. The molecule has 1 heterocycles. The Morgan fingerprint density at radius 2 is 2.00 bits per heavy atom. The topological polar surface area (TPSA) is 43.8 Å². The molecule has 0 saturated carbocycles. The number of imidazole rings is 1. The Labute approximate surface area is 123 Å². The van der Waals surface area contributed by atoms with Crippen molar-refractivity contribution in [3.05, 3.63) is 59.7 Å². The van der Waals surface area contributed by atoms with Gasteiger partial charge in [-0.3, -0.25) is 0 Å². The Morgan fingerprint density at radius 3 is 2.76 bits per heavy atom. The molecule has 0 aliphatic heterocycles. The number of anilines is 1. The monoisotopic (exact) mass is 283 g/mol. The van der Waals surface area contributed by atoms with E-state index in [9.17, 15) is 4.39 Å². The lowest BCUT2D eigenvalue weighted by atomic mass is 10.1. The van der Waals surface area contributed by atoms with E-state index in [0.29, 0.717) is 0 Å². The molecular weight excluding hydrogens is 265 g/mol. The maximum absolute atomic E-state index is 13.4. The maximum atomic E-state index is 13.4. The van der Waals surface area contributed by atoms with Crippen molar-refractivity contribution < 1.29 is 4.39 Å². The summed E-state index contributed by atoms with van der Waals surface area (Å²) in [6.07, 6.45) is 1.68. The van der Waals surface area contributed by atoms with Crippen molar-refractivity contribution in [1.82, 2.24) is 9.55 Å². The van der Waals surface area contributed by atoms with Crippen LogP contribution < -0.4 is 5.73 Å². The summed E-state index contributed by atoms with van der Waals surface area (Å²) in [5, 5.41) is 0. The predicted octanol–water partition coefficient (Wildman–Crippen LogP) is 3.56. The van der Waals surface area contributed by atoms with Crippen molar-refractivity contribution in [2.24, 2.45) is 0 Å². The Kier molecular flexibility index (Phi) is 3.60. The Balaban J connectivity index is 1.90. The molecular formula is C17H18FN3. The first kappa shape index (κ1) is 13.6. The van der Waals surface area contributed by atoms with Crippen LogP contribution in [0.15, 0.2) is 42.5 Å². The fourth-order valence-electron chi connectivity index (χ4n) is 2.69. The molecule has 1 aromatic heterocycles. The minimum Gasteiger partial charge on any atom is -0.399 e. The number of aryl methyl sites for hydroxylation is 3. The Hall–Kier alpha value is -2.36. The normalized spacial score (nSPS) is 11.1. The highest BCUT2D eigenvalue weighted by molar-refractivity contribution is 5.76. The molecule has 3 nitrogen and oxygen atoms in total. The molecule has 0 bridgehead atoms. The van der Waals surface area contributed by atoms with Crippen LogP contribution in [0.2, 0.25) is 0 Å². The molecule has 0 saturated heterocycles. The van der Waals surface area contributed by atoms with Crippen molar-refractivity contribution >= 4 is 16.7 Å². The lowest BCUT2D eigenvalue weighted by Gasteiger charge is -2.06. The first-order valence-electron chi connectivity index (χ1n) is 7.16. The highest BCUT2D eigenvalue weighted by atomic mass is 19.1. The van der Waals surface area contributed by atoms with Crippen molar-refractivity contribution in [3.8, 4) is 0 Å². The van der Waals surface area contributed by atoms with Crippen LogP contribution in [-0.4, -0.2) is 9.55 Å². The summed E-state index contributed by atoms with van der Waals surface area (Å²) in [5.74, 6) is 0.764. The van der Waals surface area contributed by atoms with Crippen LogP contribution in [-0.2, 0) is 19.4 Å². The van der Waals surface area contributed by atoms with Gasteiger partial charge in [0, 0.05) is 18.7 Å². The minimum absolute atomic E-state index is 0.223. The van der Waals surface area contributed by atoms with E-state index in [0.717, 1.165) is 41.9 Å². The van der Waals surface area contributed by atoms with Gasteiger partial charge >= 0.3 is 0 Å². The molecule has 4 heteroatoms. The molecule has 2 aromatic carbocycles. The molecule has 0 aliphatic carbocycles. The number of nitrogen functional groups attached to an aromatic ring is 1. The minimum atomic E-state index is -0.223. The fourth-order valence-corrected chi connectivity index (χ4v) is 2.69. The lowest BCUT2D eigenvalue weighted by molar-refractivity contribution is 0.627. The zero-order valence-corrected chi connectivity index (χ0v) is 12.0. The van der Waals surface area contributed by atoms with E-state index in [4.69, 9.17) is 5.73 Å². The van der Waals surface area contributed by atoms with Gasteiger partial charge in [0.2, 0.25) is 0 Å². The van der Waals surface area contributed by atoms with Gasteiger partial charge in [0.1, 0.15) is 11.6 Å². The third-order valence-corrected chi connectivity index (χ3v) is 3.69. The van der Waals surface area contributed by atoms with Crippen LogP contribution >= 0.6 is 0 Å². The molecule has 3 rings (SSSR count). The summed E-state index contributed by atoms with van der Waals surface area (Å²) in [5.41, 5.74) is 9.48. The average Bonchev–Trinajstić information content (AvgIpc) is 2.82. The smallest absolute Gasteiger partial charge is 0.125 e. The van der Waals surface area contributed by atoms with Gasteiger partial charge in [-0.15, -0.1) is 0 Å². The molecule has 3 aromatic rings. The zero-order chi connectivity index (χ0) is 14.8. The van der Waals surface area contributed by atoms with Gasteiger partial charge in [-0.25, -0.2) is 9.37 Å². The predicted molar refractivity (Wildman–Crippen MR) is 83.6 cm³/mol. The first-order chi connectivity index (χ1) is 10.2. The number of benzene rings is 2. The number of hydrogen-bond donors (Lipinski definition) is 1. The Bertz CT molecular complexity index is 777. The number of aromatic nitrogens is 2. The first-order valence-corrected chi connectivity index (χ1v) is 7.16. The second-order valence-electron chi connectivity index (χ2n) is 5.15. The zero-order valence-electron chi connectivity index (χ0n) is 12.0. The summed E-state index contributed by atoms with van der Waals surface area (Å²) >= 11 is 0. The second-order valence-corrected chi connectivity index (χ2v) is 5.15. The average molecular weight is 283 g/mol. The number of rotatable bonds is 4. The van der Waals surface area contributed by atoms with Crippen LogP contribution in [0, 0.1) is 5.82 Å². The summed E-state index contributed by atoms with van der Waals surface area (Å²) in [6.45, 7) is 2.84. The molecule has 108 valence electrons. The van der Waals surface area contributed by atoms with Crippen molar-refractivity contribution in [1.29, 1.82) is 0 Å². The van der Waals surface area contributed by atoms with E-state index >= 15 is 0 Å². The van der Waals surface area contributed by atoms with Crippen LogP contribution in [0.1, 0.15) is 18.3 Å². The molecule has 0 amide bonds. The van der Waals surface area contributed by atoms with Crippen LogP contribution in [0.5, 0.6) is 0 Å². The van der Waals surface area contributed by atoms with Crippen molar-refractivity contribution in [2.75, 3.05) is 5.73 Å². The standard InChI is InChI=1S/C17H18FN3/c1-2-21-16-11-13(18)7-8-15(16)20-17(21)9-6-12-4-3-5-14(19)10-12/h3-5,7-8,10-11H,2,6,9,19H2,1H3. The van der Waals surface area contributed by atoms with Gasteiger partial charge in [-0.2, -0.15) is 0 Å². The van der Waals surface area contributed by atoms with E-state index < -0.39 is 0 Å². The number of nitrogens with two attached hydrogens (primary N) is 1. The second kappa shape index (κ2) is 5.56. The van der Waals surface area contributed by atoms with E-state index in [-0.39, 0.29) is 5.82 Å². The van der Waals surface area contributed by atoms with E-state index in [1.807, 2.05) is 18.2 Å². The van der Waals surface area contributed by atoms with Crippen LogP contribution in [0.25, 0.3) is 11.0 Å². The molecule has 21 heavy (non-hydrogen) atoms. The molecule has 0 radical (unpaired) electrons. The summed E-state index contributed by atoms with van der Waals surface area (Å²) in [6, 6.07) is 12.6. The number of hydrogen-bond acceptors (Lipinski definition) is 2. The number of fused-ring (bicyclic) bond motifs is 1. The maximum Gasteiger partial charge on any atom is 0.125 e. The van der Waals surface area contributed by atoms with Gasteiger partial charge in [0.05, 0.1) is 11.0 Å². The van der Waals surface area contributed by atoms with Crippen molar-refractivity contribution in [3.63, 3.8) is 0 Å². The number of nitrogens with zero attached hydrogens (tertiary/aromatic N) is 2. The van der Waals surface area contributed by atoms with Gasteiger partial charge in [0.25, 0.3) is 0 Å². The molecule has 2 N–H and O–H groups in total. The fraction of sp³-hybridized carbons (Fsp3) is 0.235. The summed E-state index contributed by atoms with van der Waals surface area (Å²) < 4.78 is 15.5. The number of halogens is 1. The Morgan fingerprint density at radius 1 is 1.14 bits per heavy atom. The van der Waals surface area contributed by atoms with Gasteiger partial charge in [-0.05, 0) is 49.2 Å². The highest BCUT2D eigenvalue weighted by Crippen LogP contribution is 2.19. The third kappa shape index (κ3) is 2.75. The molecule has 0 spiro atoms. The summed E-state index contributed by atoms with van der Waals surface area (Å²) in [7, 11) is 0. The molecule has 0 atom stereocenters. The van der Waals surface area contributed by atoms with Gasteiger partial charge in [0.15, 0.2) is 0 Å². The molecule has 0 unspecified atom stereocenters. The van der Waals surface area contributed by atoms with E-state index in [1.54, 1.807) is 12.1 Å². The van der Waals surface area contributed by atoms with Gasteiger partial charge in [-0.1, -0.05) is 12.1 Å². The van der Waals surface area contributed by atoms with Crippen LogP contribution in [0.4, 0.5) is 10.1 Å². The van der Waals surface area contributed by atoms with E-state index in [1.165, 1.54) is 11.6 Å². The summed E-state index contributed by atoms with van der Waals surface area (Å²) in [4.78, 5) is 4.63. The third-order valence-electron chi connectivity index (χ3n) is 3.69. The van der Waals surface area contributed by atoms with Crippen molar-refractivity contribution in [2.45, 2.75) is 26.3 Å². The largest absolute Gasteiger partial charge is 0.399 e. The van der Waals surface area contributed by atoms with Gasteiger partial charge < -0.3 is 10.3 Å². The van der Waals surface area contributed by atoms with Crippen LogP contribution in [0.3, 0.4) is 0 Å². The SMILES string of the molecule is CCn1c(CCc2cccc(N)c2)nc2ccc(F)cc21. The van der Waals surface area contributed by atoms with E-state index in [2.05, 4.69) is 22.5 Å².